The molecule has 0 aromatic carbocycles. The van der Waals surface area contributed by atoms with Crippen molar-refractivity contribution in [3.05, 3.63) is 0 Å². The van der Waals surface area contributed by atoms with E-state index in [1.165, 1.54) is 24.0 Å². The molecular weight excluding hydrogens is 532 g/mol. The fraction of sp³-hybridized carbons (Fsp3) is 0.769. The molecular formula is C26H42N2O12. The summed E-state index contributed by atoms with van der Waals surface area (Å²) in [5.41, 5.74) is -1.35. The average Bonchev–Trinajstić information content (AvgIpc) is 2.85. The summed E-state index contributed by atoms with van der Waals surface area (Å²) in [6.45, 7) is 10.7. The standard InChI is InChI=1S/2C13H21NO6/c2*1-13(2,3)20-12(18)14-6-8(10(15)16)5-9(7-14)11(17)19-4/h2*8-9H,5-7H2,1-4H3,(H,15,16)/t2*8-,9-/m10/s1. The quantitative estimate of drug-likeness (QED) is 0.369. The summed E-state index contributed by atoms with van der Waals surface area (Å²) < 4.78 is 19.7. The van der Waals surface area contributed by atoms with E-state index in [1.807, 2.05) is 0 Å². The molecule has 2 heterocycles. The van der Waals surface area contributed by atoms with Gasteiger partial charge in [-0.1, -0.05) is 0 Å². The van der Waals surface area contributed by atoms with Crippen molar-refractivity contribution in [1.82, 2.24) is 9.80 Å². The third-order valence-electron chi connectivity index (χ3n) is 5.97. The zero-order chi connectivity index (χ0) is 31.0. The minimum absolute atomic E-state index is 0.0394. The molecule has 0 aromatic rings. The lowest BCUT2D eigenvalue weighted by molar-refractivity contribution is -0.153. The highest BCUT2D eigenvalue weighted by molar-refractivity contribution is 5.79. The Balaban J connectivity index is 0.000000400. The fourth-order valence-corrected chi connectivity index (χ4v) is 4.18. The molecule has 0 spiro atoms. The highest BCUT2D eigenvalue weighted by atomic mass is 16.6. The van der Waals surface area contributed by atoms with Gasteiger partial charge in [-0.05, 0) is 54.4 Å². The maximum atomic E-state index is 12.0. The Morgan fingerprint density at radius 1 is 0.575 bits per heavy atom. The first-order valence-corrected chi connectivity index (χ1v) is 12.8. The van der Waals surface area contributed by atoms with E-state index in [0.717, 1.165) is 0 Å². The zero-order valence-corrected chi connectivity index (χ0v) is 24.4. The average molecular weight is 575 g/mol. The van der Waals surface area contributed by atoms with Crippen LogP contribution in [0, 0.1) is 23.7 Å². The van der Waals surface area contributed by atoms with Gasteiger partial charge < -0.3 is 39.0 Å². The first kappa shape index (κ1) is 34.4. The van der Waals surface area contributed by atoms with Crippen molar-refractivity contribution in [2.75, 3.05) is 40.4 Å². The molecule has 4 atom stereocenters. The number of hydrogen-bond acceptors (Lipinski definition) is 10. The molecule has 2 aliphatic heterocycles. The summed E-state index contributed by atoms with van der Waals surface area (Å²) in [4.78, 5) is 72.0. The van der Waals surface area contributed by atoms with Crippen molar-refractivity contribution in [3.63, 3.8) is 0 Å². The number of carboxylic acids is 2. The molecule has 14 nitrogen and oxygen atoms in total. The van der Waals surface area contributed by atoms with Crippen molar-refractivity contribution in [2.24, 2.45) is 23.7 Å². The molecule has 0 aromatic heterocycles. The SMILES string of the molecule is COC(=O)[C@@H]1C[C@@H](C(=O)O)CN(C(=O)OC(C)(C)C)C1.COC(=O)[C@H]1C[C@H](C(=O)O)CN(C(=O)OC(C)(C)C)C1. The highest BCUT2D eigenvalue weighted by Crippen LogP contribution is 2.26. The van der Waals surface area contributed by atoms with Crippen molar-refractivity contribution in [3.8, 4) is 0 Å². The van der Waals surface area contributed by atoms with Gasteiger partial charge in [0, 0.05) is 26.2 Å². The van der Waals surface area contributed by atoms with Crippen LogP contribution in [0.15, 0.2) is 0 Å². The van der Waals surface area contributed by atoms with Crippen LogP contribution in [-0.4, -0.2) is 108 Å². The molecule has 0 radical (unpaired) electrons. The number of likely N-dealkylation sites (tertiary alicyclic amines) is 2. The third-order valence-corrected chi connectivity index (χ3v) is 5.97. The Hall–Kier alpha value is -3.58. The first-order valence-electron chi connectivity index (χ1n) is 12.8. The van der Waals surface area contributed by atoms with Crippen LogP contribution in [0.2, 0.25) is 0 Å². The maximum absolute atomic E-state index is 12.0. The summed E-state index contributed by atoms with van der Waals surface area (Å²) in [6.07, 6.45) is -0.891. The number of hydrogen-bond donors (Lipinski definition) is 2. The monoisotopic (exact) mass is 574 g/mol. The lowest BCUT2D eigenvalue weighted by Gasteiger charge is -2.35. The Bertz CT molecular complexity index is 876. The van der Waals surface area contributed by atoms with E-state index in [4.69, 9.17) is 19.7 Å². The van der Waals surface area contributed by atoms with Crippen LogP contribution in [0.3, 0.4) is 0 Å². The van der Waals surface area contributed by atoms with Crippen molar-refractivity contribution in [1.29, 1.82) is 0 Å². The van der Waals surface area contributed by atoms with Crippen LogP contribution in [0.4, 0.5) is 9.59 Å². The first-order chi connectivity index (χ1) is 18.3. The molecule has 2 N–H and O–H groups in total. The van der Waals surface area contributed by atoms with Crippen LogP contribution in [0.25, 0.3) is 0 Å². The van der Waals surface area contributed by atoms with E-state index in [9.17, 15) is 28.8 Å². The number of methoxy groups -OCH3 is 2. The van der Waals surface area contributed by atoms with Gasteiger partial charge in [0.15, 0.2) is 0 Å². The molecule has 2 saturated heterocycles. The van der Waals surface area contributed by atoms with Gasteiger partial charge in [0.25, 0.3) is 0 Å². The van der Waals surface area contributed by atoms with E-state index in [-0.39, 0.29) is 39.0 Å². The van der Waals surface area contributed by atoms with Gasteiger partial charge in [0.1, 0.15) is 11.2 Å². The lowest BCUT2D eigenvalue weighted by atomic mass is 9.89. The normalized spacial score (nSPS) is 23.1. The number of amides is 2. The predicted molar refractivity (Wildman–Crippen MR) is 138 cm³/mol. The van der Waals surface area contributed by atoms with Gasteiger partial charge in [-0.2, -0.15) is 0 Å². The topological polar surface area (TPSA) is 186 Å². The molecule has 228 valence electrons. The molecule has 2 amide bonds. The van der Waals surface area contributed by atoms with Gasteiger partial charge in [0.2, 0.25) is 0 Å². The van der Waals surface area contributed by atoms with E-state index >= 15 is 0 Å². The largest absolute Gasteiger partial charge is 0.481 e. The molecule has 2 rings (SSSR count). The van der Waals surface area contributed by atoms with Crippen LogP contribution in [-0.2, 0) is 38.1 Å². The minimum atomic E-state index is -1.04. The highest BCUT2D eigenvalue weighted by Gasteiger charge is 2.40. The second-order valence-corrected chi connectivity index (χ2v) is 11.8. The molecule has 0 unspecified atom stereocenters. The number of carbonyl (C=O) groups excluding carboxylic acids is 4. The van der Waals surface area contributed by atoms with Gasteiger partial charge in [-0.15, -0.1) is 0 Å². The van der Waals surface area contributed by atoms with Crippen LogP contribution >= 0.6 is 0 Å². The Morgan fingerprint density at radius 2 is 0.850 bits per heavy atom. The number of aliphatic carboxylic acids is 2. The summed E-state index contributed by atoms with van der Waals surface area (Å²) in [7, 11) is 2.48. The molecule has 0 aliphatic carbocycles. The predicted octanol–water partition coefficient (Wildman–Crippen LogP) is 2.23. The Labute approximate surface area is 233 Å². The van der Waals surface area contributed by atoms with Crippen LogP contribution in [0.5, 0.6) is 0 Å². The molecule has 2 aliphatic rings. The van der Waals surface area contributed by atoms with Gasteiger partial charge in [-0.25, -0.2) is 9.59 Å². The minimum Gasteiger partial charge on any atom is -0.481 e. The number of ether oxygens (including phenoxy) is 4. The molecule has 0 bridgehead atoms. The lowest BCUT2D eigenvalue weighted by Crippen LogP contribution is -2.49. The Morgan fingerprint density at radius 3 is 1.07 bits per heavy atom. The van der Waals surface area contributed by atoms with E-state index in [1.54, 1.807) is 41.5 Å². The van der Waals surface area contributed by atoms with Crippen molar-refractivity contribution >= 4 is 36.1 Å². The molecule has 0 saturated carbocycles. The maximum Gasteiger partial charge on any atom is 0.410 e. The van der Waals surface area contributed by atoms with E-state index in [0.29, 0.717) is 0 Å². The Kier molecular flexibility index (Phi) is 12.2. The van der Waals surface area contributed by atoms with E-state index < -0.39 is 70.9 Å². The van der Waals surface area contributed by atoms with E-state index in [2.05, 4.69) is 9.47 Å². The van der Waals surface area contributed by atoms with Crippen LogP contribution < -0.4 is 0 Å². The van der Waals surface area contributed by atoms with Crippen molar-refractivity contribution < 1.29 is 57.9 Å². The summed E-state index contributed by atoms with van der Waals surface area (Å²) in [5.74, 6) is -5.95. The number of nitrogens with zero attached hydrogens (tertiary/aromatic N) is 2. The molecule has 2 fully saturated rings. The second-order valence-electron chi connectivity index (χ2n) is 11.8. The zero-order valence-electron chi connectivity index (χ0n) is 24.4. The number of esters is 2. The number of carboxylic acid groups (broad SMARTS) is 2. The number of piperidine rings is 2. The summed E-state index contributed by atoms with van der Waals surface area (Å²) >= 11 is 0. The van der Waals surface area contributed by atoms with Crippen LogP contribution in [0.1, 0.15) is 54.4 Å². The summed E-state index contributed by atoms with van der Waals surface area (Å²) in [5, 5.41) is 18.2. The molecule has 40 heavy (non-hydrogen) atoms. The van der Waals surface area contributed by atoms with Gasteiger partial charge >= 0.3 is 36.1 Å². The van der Waals surface area contributed by atoms with Crippen molar-refractivity contribution in [2.45, 2.75) is 65.6 Å². The number of carbonyl (C=O) groups is 6. The summed E-state index contributed by atoms with van der Waals surface area (Å²) in [6, 6.07) is 0. The fourth-order valence-electron chi connectivity index (χ4n) is 4.18. The van der Waals surface area contributed by atoms with Gasteiger partial charge in [0.05, 0.1) is 37.9 Å². The third kappa shape index (κ3) is 11.3. The second kappa shape index (κ2) is 14.2. The smallest absolute Gasteiger partial charge is 0.410 e. The number of rotatable bonds is 4. The van der Waals surface area contributed by atoms with Gasteiger partial charge in [-0.3, -0.25) is 19.2 Å². The molecule has 14 heteroatoms.